The van der Waals surface area contributed by atoms with Crippen molar-refractivity contribution in [2.45, 2.75) is 59.0 Å². The van der Waals surface area contributed by atoms with Crippen LogP contribution in [-0.2, 0) is 6.54 Å². The number of hydrogen-bond donors (Lipinski definition) is 1. The summed E-state index contributed by atoms with van der Waals surface area (Å²) in [6.07, 6.45) is 3.85. The molecule has 0 saturated heterocycles. The minimum Gasteiger partial charge on any atom is -0.312 e. The minimum absolute atomic E-state index is 0.250. The predicted molar refractivity (Wildman–Crippen MR) is 84.8 cm³/mol. The Labute approximate surface area is 122 Å². The number of unbranched alkanes of at least 4 members (excludes halogenated alkanes) is 2. The van der Waals surface area contributed by atoms with E-state index >= 15 is 0 Å². The molecular weight excluding hydrogens is 254 g/mol. The lowest BCUT2D eigenvalue weighted by Gasteiger charge is -2.20. The smallest absolute Gasteiger partial charge is 0.0798 e. The van der Waals surface area contributed by atoms with Gasteiger partial charge in [-0.3, -0.25) is 0 Å². The van der Waals surface area contributed by atoms with Gasteiger partial charge in [-0.15, -0.1) is 11.3 Å². The zero-order valence-corrected chi connectivity index (χ0v) is 13.9. The van der Waals surface area contributed by atoms with Crippen LogP contribution in [0.4, 0.5) is 0 Å². The Morgan fingerprint density at radius 1 is 1.26 bits per heavy atom. The Kier molecular flexibility index (Phi) is 6.97. The van der Waals surface area contributed by atoms with Crippen LogP contribution >= 0.6 is 11.3 Å². The fourth-order valence-corrected chi connectivity index (χ4v) is 2.81. The molecule has 0 aliphatic heterocycles. The van der Waals surface area contributed by atoms with Gasteiger partial charge in [0.05, 0.1) is 11.2 Å². The first-order chi connectivity index (χ1) is 8.88. The number of rotatable bonds is 8. The van der Waals surface area contributed by atoms with Crippen LogP contribution in [0, 0.1) is 6.92 Å². The number of nitrogens with zero attached hydrogens (tertiary/aromatic N) is 2. The third kappa shape index (κ3) is 7.65. The van der Waals surface area contributed by atoms with E-state index in [1.807, 2.05) is 5.51 Å². The Morgan fingerprint density at radius 2 is 2.00 bits per heavy atom. The lowest BCUT2D eigenvalue weighted by Crippen LogP contribution is -2.36. The van der Waals surface area contributed by atoms with Crippen molar-refractivity contribution in [3.8, 4) is 0 Å². The predicted octanol–water partition coefficient (Wildman–Crippen LogP) is 3.44. The van der Waals surface area contributed by atoms with Gasteiger partial charge in [-0.2, -0.15) is 0 Å². The Bertz CT molecular complexity index is 355. The SMILES string of the molecule is Cc1ncsc1CN(C)CCCCCNC(C)(C)C. The molecule has 1 rings (SSSR count). The van der Waals surface area contributed by atoms with Crippen molar-refractivity contribution in [3.05, 3.63) is 16.1 Å². The van der Waals surface area contributed by atoms with E-state index in [0.29, 0.717) is 0 Å². The Morgan fingerprint density at radius 3 is 2.58 bits per heavy atom. The fourth-order valence-electron chi connectivity index (χ4n) is 1.95. The van der Waals surface area contributed by atoms with E-state index < -0.39 is 0 Å². The molecule has 0 saturated carbocycles. The summed E-state index contributed by atoms with van der Waals surface area (Å²) in [5, 5.41) is 3.53. The van der Waals surface area contributed by atoms with E-state index in [9.17, 15) is 0 Å². The summed E-state index contributed by atoms with van der Waals surface area (Å²) in [6.45, 7) is 12.1. The highest BCUT2D eigenvalue weighted by Crippen LogP contribution is 2.14. The van der Waals surface area contributed by atoms with Gasteiger partial charge < -0.3 is 10.2 Å². The lowest BCUT2D eigenvalue weighted by atomic mass is 10.1. The largest absolute Gasteiger partial charge is 0.312 e. The van der Waals surface area contributed by atoms with E-state index in [-0.39, 0.29) is 5.54 Å². The molecule has 0 spiro atoms. The molecule has 0 fully saturated rings. The van der Waals surface area contributed by atoms with E-state index in [1.54, 1.807) is 11.3 Å². The van der Waals surface area contributed by atoms with Crippen molar-refractivity contribution >= 4 is 11.3 Å². The second-order valence-corrected chi connectivity index (χ2v) is 7.28. The molecule has 0 atom stereocenters. The topological polar surface area (TPSA) is 28.2 Å². The second-order valence-electron chi connectivity index (χ2n) is 6.34. The first-order valence-corrected chi connectivity index (χ1v) is 8.09. The van der Waals surface area contributed by atoms with E-state index in [2.05, 4.69) is 49.9 Å². The molecule has 19 heavy (non-hydrogen) atoms. The van der Waals surface area contributed by atoms with Gasteiger partial charge in [-0.1, -0.05) is 6.42 Å². The molecule has 0 radical (unpaired) electrons. The van der Waals surface area contributed by atoms with Gasteiger partial charge in [0.15, 0.2) is 0 Å². The number of aromatic nitrogens is 1. The first kappa shape index (κ1) is 16.6. The molecule has 1 N–H and O–H groups in total. The van der Waals surface area contributed by atoms with Gasteiger partial charge in [0.2, 0.25) is 0 Å². The highest BCUT2D eigenvalue weighted by atomic mass is 32.1. The third-order valence-electron chi connectivity index (χ3n) is 3.13. The average molecular weight is 283 g/mol. The molecule has 0 bridgehead atoms. The molecule has 3 nitrogen and oxygen atoms in total. The third-order valence-corrected chi connectivity index (χ3v) is 4.05. The summed E-state index contributed by atoms with van der Waals surface area (Å²) in [7, 11) is 2.20. The van der Waals surface area contributed by atoms with Crippen LogP contribution in [0.3, 0.4) is 0 Å². The van der Waals surface area contributed by atoms with Crippen molar-refractivity contribution in [1.29, 1.82) is 0 Å². The number of hydrogen-bond acceptors (Lipinski definition) is 4. The van der Waals surface area contributed by atoms with Crippen molar-refractivity contribution in [2.24, 2.45) is 0 Å². The summed E-state index contributed by atoms with van der Waals surface area (Å²) in [5.41, 5.74) is 3.38. The molecule has 0 unspecified atom stereocenters. The van der Waals surface area contributed by atoms with Gasteiger partial charge in [-0.25, -0.2) is 4.98 Å². The summed E-state index contributed by atoms with van der Waals surface area (Å²) >= 11 is 1.77. The van der Waals surface area contributed by atoms with Gasteiger partial charge in [0.25, 0.3) is 0 Å². The van der Waals surface area contributed by atoms with Gasteiger partial charge >= 0.3 is 0 Å². The van der Waals surface area contributed by atoms with Gasteiger partial charge in [-0.05, 0) is 60.7 Å². The van der Waals surface area contributed by atoms with Crippen LogP contribution in [0.25, 0.3) is 0 Å². The maximum atomic E-state index is 4.30. The zero-order chi connectivity index (χ0) is 14.3. The summed E-state index contributed by atoms with van der Waals surface area (Å²) in [5.74, 6) is 0. The van der Waals surface area contributed by atoms with E-state index in [1.165, 1.54) is 36.4 Å². The van der Waals surface area contributed by atoms with Crippen LogP contribution < -0.4 is 5.32 Å². The summed E-state index contributed by atoms with van der Waals surface area (Å²) in [6, 6.07) is 0. The van der Waals surface area contributed by atoms with Crippen molar-refractivity contribution in [3.63, 3.8) is 0 Å². The summed E-state index contributed by atoms with van der Waals surface area (Å²) in [4.78, 5) is 8.10. The van der Waals surface area contributed by atoms with Crippen LogP contribution in [-0.4, -0.2) is 35.6 Å². The maximum absolute atomic E-state index is 4.30. The molecule has 0 aliphatic rings. The number of thiazole rings is 1. The quantitative estimate of drug-likeness (QED) is 0.741. The summed E-state index contributed by atoms with van der Waals surface area (Å²) < 4.78 is 0. The molecular formula is C15H29N3S. The molecule has 110 valence electrons. The number of nitrogens with one attached hydrogen (secondary N) is 1. The molecule has 1 heterocycles. The maximum Gasteiger partial charge on any atom is 0.0798 e. The molecule has 0 amide bonds. The van der Waals surface area contributed by atoms with Crippen LogP contribution in [0.1, 0.15) is 50.6 Å². The lowest BCUT2D eigenvalue weighted by molar-refractivity contribution is 0.317. The Balaban J connectivity index is 2.05. The minimum atomic E-state index is 0.250. The van der Waals surface area contributed by atoms with Gasteiger partial charge in [0, 0.05) is 17.0 Å². The molecule has 1 aromatic heterocycles. The van der Waals surface area contributed by atoms with Crippen LogP contribution in [0.15, 0.2) is 5.51 Å². The van der Waals surface area contributed by atoms with E-state index in [4.69, 9.17) is 0 Å². The van der Waals surface area contributed by atoms with Crippen LogP contribution in [0.5, 0.6) is 0 Å². The van der Waals surface area contributed by atoms with Crippen molar-refractivity contribution < 1.29 is 0 Å². The molecule has 1 aromatic rings. The fraction of sp³-hybridized carbons (Fsp3) is 0.800. The first-order valence-electron chi connectivity index (χ1n) is 7.21. The van der Waals surface area contributed by atoms with E-state index in [0.717, 1.165) is 13.1 Å². The normalized spacial score (nSPS) is 12.3. The Hall–Kier alpha value is -0.450. The van der Waals surface area contributed by atoms with Gasteiger partial charge in [0.1, 0.15) is 0 Å². The molecule has 4 heteroatoms. The average Bonchev–Trinajstić information content (AvgIpc) is 2.68. The molecule has 0 aromatic carbocycles. The highest BCUT2D eigenvalue weighted by molar-refractivity contribution is 7.09. The number of aryl methyl sites for hydroxylation is 1. The van der Waals surface area contributed by atoms with Crippen molar-refractivity contribution in [1.82, 2.24) is 15.2 Å². The molecule has 0 aliphatic carbocycles. The van der Waals surface area contributed by atoms with Crippen molar-refractivity contribution in [2.75, 3.05) is 20.1 Å². The second kappa shape index (κ2) is 7.98. The van der Waals surface area contributed by atoms with Crippen LogP contribution in [0.2, 0.25) is 0 Å². The zero-order valence-electron chi connectivity index (χ0n) is 13.1. The monoisotopic (exact) mass is 283 g/mol. The highest BCUT2D eigenvalue weighted by Gasteiger charge is 2.07. The standard InChI is InChI=1S/C15H29N3S/c1-13-14(19-12-16-13)11-18(5)10-8-6-7-9-17-15(2,3)4/h12,17H,6-11H2,1-5H3.